The zero-order valence-corrected chi connectivity index (χ0v) is 14.8. The zero-order valence-electron chi connectivity index (χ0n) is 14.8. The van der Waals surface area contributed by atoms with E-state index in [1.807, 2.05) is 38.1 Å². The number of para-hydroxylation sites is 1. The number of hydrogen-bond acceptors (Lipinski definition) is 2. The van der Waals surface area contributed by atoms with Gasteiger partial charge in [0.2, 0.25) is 0 Å². The van der Waals surface area contributed by atoms with E-state index in [4.69, 9.17) is 0 Å². The van der Waals surface area contributed by atoms with E-state index in [1.54, 1.807) is 12.1 Å². The number of nitriles is 1. The number of rotatable bonds is 3. The van der Waals surface area contributed by atoms with Crippen molar-refractivity contribution in [2.75, 3.05) is 5.32 Å². The third kappa shape index (κ3) is 3.18. The molecular weight excluding hydrogens is 329 g/mol. The summed E-state index contributed by atoms with van der Waals surface area (Å²) in [4.78, 5) is 12.5. The van der Waals surface area contributed by atoms with Crippen molar-refractivity contribution in [1.29, 1.82) is 5.26 Å². The minimum atomic E-state index is -0.576. The van der Waals surface area contributed by atoms with E-state index in [9.17, 15) is 14.4 Å². The number of hydrogen-bond donors (Lipinski definition) is 2. The zero-order chi connectivity index (χ0) is 18.7. The molecule has 2 amide bonds. The maximum absolute atomic E-state index is 13.8. The van der Waals surface area contributed by atoms with Crippen molar-refractivity contribution >= 4 is 17.4 Å². The second-order valence-corrected chi connectivity index (χ2v) is 6.67. The van der Waals surface area contributed by atoms with Gasteiger partial charge in [-0.15, -0.1) is 0 Å². The smallest absolute Gasteiger partial charge is 0.306 e. The molecule has 1 atom stereocenters. The van der Waals surface area contributed by atoms with Gasteiger partial charge in [0.25, 0.3) is 0 Å². The van der Waals surface area contributed by atoms with Gasteiger partial charge in [0.1, 0.15) is 5.82 Å². The van der Waals surface area contributed by atoms with Crippen molar-refractivity contribution in [3.05, 3.63) is 71.0 Å². The van der Waals surface area contributed by atoms with Crippen LogP contribution in [0.25, 0.3) is 5.70 Å². The Bertz CT molecular complexity index is 929. The number of benzene rings is 2. The Morgan fingerprint density at radius 1 is 1.19 bits per heavy atom. The molecule has 26 heavy (non-hydrogen) atoms. The highest BCUT2D eigenvalue weighted by Crippen LogP contribution is 2.43. The number of fused-ring (bicyclic) bond motifs is 1. The molecule has 0 aromatic heterocycles. The molecule has 0 saturated heterocycles. The molecule has 3 rings (SSSR count). The third-order valence-corrected chi connectivity index (χ3v) is 4.97. The highest BCUT2D eigenvalue weighted by Gasteiger charge is 2.36. The molecule has 0 heterocycles. The van der Waals surface area contributed by atoms with E-state index in [0.29, 0.717) is 11.3 Å². The van der Waals surface area contributed by atoms with E-state index in [-0.39, 0.29) is 11.1 Å². The van der Waals surface area contributed by atoms with Crippen LogP contribution in [-0.2, 0) is 6.42 Å². The largest absolute Gasteiger partial charge is 0.323 e. The highest BCUT2D eigenvalue weighted by atomic mass is 19.1. The topological polar surface area (TPSA) is 64.9 Å². The number of nitrogens with zero attached hydrogens (tertiary/aromatic N) is 1. The first-order valence-corrected chi connectivity index (χ1v) is 8.54. The van der Waals surface area contributed by atoms with Crippen LogP contribution in [0, 0.1) is 22.6 Å². The van der Waals surface area contributed by atoms with Crippen molar-refractivity contribution in [3.63, 3.8) is 0 Å². The lowest BCUT2D eigenvalue weighted by Gasteiger charge is -2.35. The van der Waals surface area contributed by atoms with Crippen LogP contribution in [0.1, 0.15) is 31.4 Å². The van der Waals surface area contributed by atoms with Crippen LogP contribution in [0.4, 0.5) is 14.9 Å². The molecule has 1 aliphatic rings. The van der Waals surface area contributed by atoms with Crippen molar-refractivity contribution in [2.45, 2.75) is 26.7 Å². The Balaban J connectivity index is 1.98. The summed E-state index contributed by atoms with van der Waals surface area (Å²) in [5, 5.41) is 15.1. The summed E-state index contributed by atoms with van der Waals surface area (Å²) in [6.07, 6.45) is 1.51. The Kier molecular flexibility index (Phi) is 4.77. The molecule has 0 spiro atoms. The molecule has 5 heteroatoms. The second-order valence-electron chi connectivity index (χ2n) is 6.67. The van der Waals surface area contributed by atoms with E-state index in [1.165, 1.54) is 12.1 Å². The first kappa shape index (κ1) is 17.7. The maximum Gasteiger partial charge on any atom is 0.323 e. The van der Waals surface area contributed by atoms with Crippen molar-refractivity contribution in [1.82, 2.24) is 5.32 Å². The third-order valence-electron chi connectivity index (χ3n) is 4.97. The first-order valence-electron chi connectivity index (χ1n) is 8.54. The van der Waals surface area contributed by atoms with E-state index in [2.05, 4.69) is 16.7 Å². The number of carbonyl (C=O) groups excluding carboxylic acids is 1. The molecule has 0 radical (unpaired) electrons. The molecular formula is C21H20FN3O. The van der Waals surface area contributed by atoms with Gasteiger partial charge in [0.05, 0.1) is 23.0 Å². The van der Waals surface area contributed by atoms with Gasteiger partial charge in [-0.3, -0.25) is 0 Å². The summed E-state index contributed by atoms with van der Waals surface area (Å²) < 4.78 is 13.8. The molecule has 0 aliphatic heterocycles. The summed E-state index contributed by atoms with van der Waals surface area (Å²) in [5.74, 6) is -0.514. The predicted octanol–water partition coefficient (Wildman–Crippen LogP) is 4.85. The number of amides is 2. The normalized spacial score (nSPS) is 18.7. The Labute approximate surface area is 152 Å². The molecule has 0 saturated carbocycles. The quantitative estimate of drug-likeness (QED) is 0.831. The van der Waals surface area contributed by atoms with Gasteiger partial charge in [0, 0.05) is 11.0 Å². The van der Waals surface area contributed by atoms with Crippen LogP contribution in [0.5, 0.6) is 0 Å². The van der Waals surface area contributed by atoms with Crippen molar-refractivity contribution < 1.29 is 9.18 Å². The van der Waals surface area contributed by atoms with Gasteiger partial charge in [-0.05, 0) is 30.5 Å². The minimum absolute atomic E-state index is 0.0893. The molecule has 2 aromatic rings. The summed E-state index contributed by atoms with van der Waals surface area (Å²) in [6, 6.07) is 15.4. The lowest BCUT2D eigenvalue weighted by molar-refractivity contribution is 0.255. The summed E-state index contributed by atoms with van der Waals surface area (Å²) >= 11 is 0. The molecule has 1 aliphatic carbocycles. The monoisotopic (exact) mass is 349 g/mol. The van der Waals surface area contributed by atoms with Crippen LogP contribution < -0.4 is 10.6 Å². The molecule has 132 valence electrons. The molecule has 0 fully saturated rings. The average molecular weight is 349 g/mol. The lowest BCUT2D eigenvalue weighted by atomic mass is 9.69. The fourth-order valence-corrected chi connectivity index (χ4v) is 3.32. The molecule has 4 nitrogen and oxygen atoms in total. The van der Waals surface area contributed by atoms with Gasteiger partial charge < -0.3 is 10.6 Å². The lowest BCUT2D eigenvalue weighted by Crippen LogP contribution is -2.35. The first-order chi connectivity index (χ1) is 12.5. The highest BCUT2D eigenvalue weighted by molar-refractivity contribution is 5.97. The number of anilines is 1. The van der Waals surface area contributed by atoms with Crippen LogP contribution >= 0.6 is 0 Å². The Hall–Kier alpha value is -3.13. The van der Waals surface area contributed by atoms with Crippen LogP contribution in [0.15, 0.2) is 54.1 Å². The van der Waals surface area contributed by atoms with Gasteiger partial charge in [-0.2, -0.15) is 5.26 Å². The number of allylic oxidation sites excluding steroid dienone is 1. The van der Waals surface area contributed by atoms with Gasteiger partial charge in [0.15, 0.2) is 0 Å². The number of carbonyl (C=O) groups is 1. The summed E-state index contributed by atoms with van der Waals surface area (Å²) in [6.45, 7) is 4.06. The summed E-state index contributed by atoms with van der Waals surface area (Å²) in [7, 11) is 0. The van der Waals surface area contributed by atoms with Gasteiger partial charge in [-0.25, -0.2) is 9.18 Å². The number of nitrogens with one attached hydrogen (secondary N) is 2. The SMILES string of the molecule is CCC1(C)Cc2ccccc2C(NC(=O)Nc2ccccc2F)=C1C#N. The van der Waals surface area contributed by atoms with Crippen molar-refractivity contribution in [2.24, 2.45) is 5.41 Å². The Morgan fingerprint density at radius 2 is 1.88 bits per heavy atom. The summed E-state index contributed by atoms with van der Waals surface area (Å²) in [5.41, 5.74) is 2.68. The van der Waals surface area contributed by atoms with E-state index in [0.717, 1.165) is 24.0 Å². The predicted molar refractivity (Wildman–Crippen MR) is 99.6 cm³/mol. The van der Waals surface area contributed by atoms with E-state index >= 15 is 0 Å². The molecule has 2 N–H and O–H groups in total. The number of halogens is 1. The second kappa shape index (κ2) is 7.01. The van der Waals surface area contributed by atoms with Gasteiger partial charge >= 0.3 is 6.03 Å². The molecule has 1 unspecified atom stereocenters. The van der Waals surface area contributed by atoms with Gasteiger partial charge in [-0.1, -0.05) is 50.2 Å². The van der Waals surface area contributed by atoms with E-state index < -0.39 is 11.8 Å². The molecule has 2 aromatic carbocycles. The minimum Gasteiger partial charge on any atom is -0.306 e. The number of urea groups is 1. The fourth-order valence-electron chi connectivity index (χ4n) is 3.32. The van der Waals surface area contributed by atoms with Crippen LogP contribution in [-0.4, -0.2) is 6.03 Å². The van der Waals surface area contributed by atoms with Crippen LogP contribution in [0.3, 0.4) is 0 Å². The standard InChI is InChI=1S/C21H20FN3O/c1-3-21(2)12-14-8-4-5-9-15(14)19(16(21)13-23)25-20(26)24-18-11-7-6-10-17(18)22/h4-11H,3,12H2,1-2H3,(H2,24,25,26). The van der Waals surface area contributed by atoms with Crippen molar-refractivity contribution in [3.8, 4) is 6.07 Å². The fraction of sp³-hybridized carbons (Fsp3) is 0.238. The Morgan fingerprint density at radius 3 is 2.58 bits per heavy atom. The van der Waals surface area contributed by atoms with Crippen LogP contribution in [0.2, 0.25) is 0 Å². The maximum atomic E-state index is 13.8. The molecule has 0 bridgehead atoms. The average Bonchev–Trinajstić information content (AvgIpc) is 2.63.